The van der Waals surface area contributed by atoms with Gasteiger partial charge in [-0.2, -0.15) is 5.26 Å². The molecule has 0 aromatic heterocycles. The molecule has 0 spiro atoms. The van der Waals surface area contributed by atoms with E-state index in [1.54, 1.807) is 6.08 Å². The molecule has 1 aromatic carbocycles. The molecule has 2 amide bonds. The van der Waals surface area contributed by atoms with Gasteiger partial charge in [-0.1, -0.05) is 6.08 Å². The zero-order valence-electron chi connectivity index (χ0n) is 14.5. The fourth-order valence-corrected chi connectivity index (χ4v) is 3.93. The first-order chi connectivity index (χ1) is 12.9. The highest BCUT2D eigenvalue weighted by molar-refractivity contribution is 5.90. The van der Waals surface area contributed by atoms with Crippen LogP contribution in [0.15, 0.2) is 18.2 Å². The Balaban J connectivity index is 1.53. The number of hydrogen-bond donors (Lipinski definition) is 1. The molecule has 8 heteroatoms. The summed E-state index contributed by atoms with van der Waals surface area (Å²) in [7, 11) is 0. The van der Waals surface area contributed by atoms with Crippen LogP contribution in [0.3, 0.4) is 0 Å². The minimum Gasteiger partial charge on any atom is -0.442 e. The SMILES string of the molecule is CC(=O)NC[C@H]1CN(c2cc(F)c(C3=C[C@H]4[C@@H](C#N)[C@@H]4C3)c(F)c2)C(=O)O1. The molecule has 4 atom stereocenters. The van der Waals surface area contributed by atoms with E-state index in [0.717, 1.165) is 17.0 Å². The van der Waals surface area contributed by atoms with Crippen LogP contribution in [-0.4, -0.2) is 31.2 Å². The van der Waals surface area contributed by atoms with Crippen molar-refractivity contribution >= 4 is 23.3 Å². The summed E-state index contributed by atoms with van der Waals surface area (Å²) in [4.78, 5) is 24.1. The van der Waals surface area contributed by atoms with E-state index in [4.69, 9.17) is 10.00 Å². The smallest absolute Gasteiger partial charge is 0.414 e. The molecular formula is C19H17F2N3O3. The summed E-state index contributed by atoms with van der Waals surface area (Å²) in [5.41, 5.74) is 0.554. The number of amides is 2. The van der Waals surface area contributed by atoms with Gasteiger partial charge in [0.15, 0.2) is 0 Å². The van der Waals surface area contributed by atoms with Gasteiger partial charge in [0.2, 0.25) is 5.91 Å². The highest BCUT2D eigenvalue weighted by Crippen LogP contribution is 2.58. The molecule has 2 fully saturated rings. The normalized spacial score (nSPS) is 28.3. The number of rotatable bonds is 4. The van der Waals surface area contributed by atoms with Gasteiger partial charge in [-0.15, -0.1) is 0 Å². The second-order valence-electron chi connectivity index (χ2n) is 7.13. The van der Waals surface area contributed by atoms with Crippen molar-refractivity contribution in [2.75, 3.05) is 18.0 Å². The fraction of sp³-hybridized carbons (Fsp3) is 0.421. The summed E-state index contributed by atoms with van der Waals surface area (Å²) >= 11 is 0. The maximum atomic E-state index is 14.6. The molecule has 6 nitrogen and oxygen atoms in total. The van der Waals surface area contributed by atoms with Gasteiger partial charge in [-0.05, 0) is 36.0 Å². The van der Waals surface area contributed by atoms with Crippen molar-refractivity contribution in [2.45, 2.75) is 19.4 Å². The average molecular weight is 373 g/mol. The molecule has 0 unspecified atom stereocenters. The number of hydrogen-bond acceptors (Lipinski definition) is 4. The Bertz CT molecular complexity index is 885. The summed E-state index contributed by atoms with van der Waals surface area (Å²) in [6.07, 6.45) is 0.975. The first-order valence-corrected chi connectivity index (χ1v) is 8.71. The summed E-state index contributed by atoms with van der Waals surface area (Å²) in [6.45, 7) is 1.57. The first-order valence-electron chi connectivity index (χ1n) is 8.71. The van der Waals surface area contributed by atoms with Crippen molar-refractivity contribution in [2.24, 2.45) is 17.8 Å². The monoisotopic (exact) mass is 373 g/mol. The molecule has 27 heavy (non-hydrogen) atoms. The Hall–Kier alpha value is -2.95. The van der Waals surface area contributed by atoms with E-state index in [1.165, 1.54) is 6.92 Å². The van der Waals surface area contributed by atoms with Gasteiger partial charge < -0.3 is 10.1 Å². The lowest BCUT2D eigenvalue weighted by molar-refractivity contribution is -0.119. The molecule has 140 valence electrons. The number of allylic oxidation sites excluding steroid dienone is 2. The standard InChI is InChI=1S/C19H17F2N3O3/c1-9(25)23-7-12-8-24(19(26)27-12)11-4-16(20)18(17(21)5-11)10-2-13-14(3-10)15(13)6-22/h2,4-5,12-15H,3,7-8H2,1H3,(H,23,25)/t12-,13+,14+,15+/m0/s1. The largest absolute Gasteiger partial charge is 0.442 e. The Morgan fingerprint density at radius 3 is 2.67 bits per heavy atom. The van der Waals surface area contributed by atoms with Crippen LogP contribution in [0.25, 0.3) is 5.57 Å². The highest BCUT2D eigenvalue weighted by atomic mass is 19.1. The number of nitrogens with one attached hydrogen (secondary N) is 1. The van der Waals surface area contributed by atoms with Crippen LogP contribution in [0.4, 0.5) is 19.3 Å². The van der Waals surface area contributed by atoms with Gasteiger partial charge in [0, 0.05) is 12.5 Å². The summed E-state index contributed by atoms with van der Waals surface area (Å²) in [5, 5.41) is 11.5. The maximum absolute atomic E-state index is 14.6. The lowest BCUT2D eigenvalue weighted by Crippen LogP contribution is -2.33. The fourth-order valence-electron chi connectivity index (χ4n) is 3.93. The average Bonchev–Trinajstić information content (AvgIpc) is 2.92. The minimum absolute atomic E-state index is 0.0425. The third kappa shape index (κ3) is 3.03. The van der Waals surface area contributed by atoms with Gasteiger partial charge in [0.25, 0.3) is 0 Å². The van der Waals surface area contributed by atoms with Gasteiger partial charge in [-0.3, -0.25) is 9.69 Å². The van der Waals surface area contributed by atoms with Crippen LogP contribution in [0.1, 0.15) is 18.9 Å². The van der Waals surface area contributed by atoms with Crippen molar-refractivity contribution in [3.63, 3.8) is 0 Å². The number of carbonyl (C=O) groups excluding carboxylic acids is 2. The van der Waals surface area contributed by atoms with E-state index in [1.807, 2.05) is 0 Å². The number of anilines is 1. The molecule has 0 bridgehead atoms. The van der Waals surface area contributed by atoms with Crippen LogP contribution in [0, 0.1) is 40.7 Å². The molecule has 1 aliphatic heterocycles. The number of fused-ring (bicyclic) bond motifs is 1. The topological polar surface area (TPSA) is 82.4 Å². The van der Waals surface area contributed by atoms with Crippen molar-refractivity contribution in [1.29, 1.82) is 5.26 Å². The summed E-state index contributed by atoms with van der Waals surface area (Å²) in [5.74, 6) is -1.54. The summed E-state index contributed by atoms with van der Waals surface area (Å²) < 4.78 is 34.4. The van der Waals surface area contributed by atoms with Crippen LogP contribution in [-0.2, 0) is 9.53 Å². The Kier molecular flexibility index (Phi) is 4.10. The molecule has 1 N–H and O–H groups in total. The highest BCUT2D eigenvalue weighted by Gasteiger charge is 2.53. The molecule has 3 aliphatic rings. The number of carbonyl (C=O) groups is 2. The van der Waals surface area contributed by atoms with Crippen molar-refractivity contribution < 1.29 is 23.1 Å². The van der Waals surface area contributed by atoms with Crippen LogP contribution in [0.5, 0.6) is 0 Å². The zero-order chi connectivity index (χ0) is 19.3. The number of nitriles is 1. The van der Waals surface area contributed by atoms with Gasteiger partial charge in [0.1, 0.15) is 17.7 Å². The molecule has 2 aliphatic carbocycles. The minimum atomic E-state index is -0.746. The second-order valence-corrected chi connectivity index (χ2v) is 7.13. The number of cyclic esters (lactones) is 1. The quantitative estimate of drug-likeness (QED) is 0.880. The van der Waals surface area contributed by atoms with E-state index in [9.17, 15) is 18.4 Å². The molecule has 1 aromatic rings. The van der Waals surface area contributed by atoms with Gasteiger partial charge in [0.05, 0.1) is 30.8 Å². The lowest BCUT2D eigenvalue weighted by atomic mass is 9.99. The van der Waals surface area contributed by atoms with Gasteiger partial charge >= 0.3 is 6.09 Å². The number of ether oxygens (including phenoxy) is 1. The lowest BCUT2D eigenvalue weighted by Gasteiger charge is -2.16. The zero-order valence-corrected chi connectivity index (χ0v) is 14.5. The second kappa shape index (κ2) is 6.34. The Morgan fingerprint density at radius 2 is 2.11 bits per heavy atom. The molecule has 0 radical (unpaired) electrons. The third-order valence-electron chi connectivity index (χ3n) is 5.34. The Morgan fingerprint density at radius 1 is 1.41 bits per heavy atom. The van der Waals surface area contributed by atoms with Crippen molar-refractivity contribution in [3.8, 4) is 6.07 Å². The predicted octanol–water partition coefficient (Wildman–Crippen LogP) is 2.60. The molecule has 1 saturated heterocycles. The van der Waals surface area contributed by atoms with Crippen molar-refractivity contribution in [1.82, 2.24) is 5.32 Å². The number of halogens is 2. The van der Waals surface area contributed by atoms with E-state index in [2.05, 4.69) is 11.4 Å². The third-order valence-corrected chi connectivity index (χ3v) is 5.34. The molecule has 1 saturated carbocycles. The Labute approximate surface area is 154 Å². The first kappa shape index (κ1) is 17.5. The van der Waals surface area contributed by atoms with Crippen LogP contribution < -0.4 is 10.2 Å². The van der Waals surface area contributed by atoms with Crippen LogP contribution >= 0.6 is 0 Å². The van der Waals surface area contributed by atoms with E-state index >= 15 is 0 Å². The number of benzene rings is 1. The van der Waals surface area contributed by atoms with Gasteiger partial charge in [-0.25, -0.2) is 13.6 Å². The summed E-state index contributed by atoms with van der Waals surface area (Å²) in [6, 6.07) is 4.43. The van der Waals surface area contributed by atoms with E-state index in [-0.39, 0.29) is 48.0 Å². The number of nitrogens with zero attached hydrogens (tertiary/aromatic N) is 2. The molecule has 4 rings (SSSR count). The van der Waals surface area contributed by atoms with Crippen LogP contribution in [0.2, 0.25) is 0 Å². The van der Waals surface area contributed by atoms with E-state index in [0.29, 0.717) is 12.0 Å². The predicted molar refractivity (Wildman–Crippen MR) is 91.3 cm³/mol. The molecular weight excluding hydrogens is 356 g/mol. The molecule has 1 heterocycles. The van der Waals surface area contributed by atoms with E-state index < -0.39 is 23.8 Å². The maximum Gasteiger partial charge on any atom is 0.414 e. The van der Waals surface area contributed by atoms with Crippen molar-refractivity contribution in [3.05, 3.63) is 35.4 Å².